The van der Waals surface area contributed by atoms with E-state index in [1.54, 1.807) is 6.92 Å². The maximum Gasteiger partial charge on any atom is 0.360 e. The maximum atomic E-state index is 10.9. The van der Waals surface area contributed by atoms with Gasteiger partial charge in [-0.05, 0) is 13.8 Å². The molecule has 72 valence electrons. The van der Waals surface area contributed by atoms with Gasteiger partial charge in [0.2, 0.25) is 0 Å². The van der Waals surface area contributed by atoms with E-state index in [9.17, 15) is 9.59 Å². The van der Waals surface area contributed by atoms with Gasteiger partial charge in [0.25, 0.3) is 0 Å². The highest BCUT2D eigenvalue weighted by atomic mass is 16.7. The van der Waals surface area contributed by atoms with E-state index < -0.39 is 5.97 Å². The second-order valence-corrected chi connectivity index (χ2v) is 2.61. The van der Waals surface area contributed by atoms with Crippen molar-refractivity contribution in [2.24, 2.45) is 5.16 Å². The lowest BCUT2D eigenvalue weighted by Crippen LogP contribution is -2.10. The minimum Gasteiger partial charge on any atom is -0.313 e. The Balaban J connectivity index is 4.20. The van der Waals surface area contributed by atoms with E-state index in [4.69, 9.17) is 0 Å². The topological polar surface area (TPSA) is 55.7 Å². The number of oxime groups is 1. The fourth-order valence-corrected chi connectivity index (χ4v) is 0.495. The predicted octanol–water partition coefficient (Wildman–Crippen LogP) is 1.46. The molecule has 0 radical (unpaired) electrons. The maximum absolute atomic E-state index is 10.9. The van der Waals surface area contributed by atoms with Crippen molar-refractivity contribution >= 4 is 17.5 Å². The number of Topliss-reactive ketones (excluding diaryl/α,β-unsaturated/α-hetero) is 1. The number of rotatable bonds is 4. The van der Waals surface area contributed by atoms with Gasteiger partial charge in [0.1, 0.15) is 5.71 Å². The van der Waals surface area contributed by atoms with Crippen LogP contribution in [0.3, 0.4) is 0 Å². The SMILES string of the molecule is C=C(C)C(=O)ON=C(C)C(=O)CC. The van der Waals surface area contributed by atoms with Gasteiger partial charge in [0, 0.05) is 12.0 Å². The van der Waals surface area contributed by atoms with Crippen LogP contribution in [0, 0.1) is 0 Å². The highest BCUT2D eigenvalue weighted by molar-refractivity contribution is 6.38. The van der Waals surface area contributed by atoms with Crippen molar-refractivity contribution < 1.29 is 14.4 Å². The van der Waals surface area contributed by atoms with Crippen LogP contribution in [0.5, 0.6) is 0 Å². The van der Waals surface area contributed by atoms with Gasteiger partial charge < -0.3 is 4.84 Å². The van der Waals surface area contributed by atoms with Crippen LogP contribution in [0.4, 0.5) is 0 Å². The molecule has 0 rings (SSSR count). The first-order valence-electron chi connectivity index (χ1n) is 3.93. The van der Waals surface area contributed by atoms with E-state index in [-0.39, 0.29) is 17.1 Å². The third-order valence-corrected chi connectivity index (χ3v) is 1.34. The molecule has 0 aliphatic rings. The molecule has 0 bridgehead atoms. The highest BCUT2D eigenvalue weighted by Gasteiger charge is 2.06. The van der Waals surface area contributed by atoms with Crippen LogP contribution in [0.25, 0.3) is 0 Å². The van der Waals surface area contributed by atoms with E-state index in [0.717, 1.165) is 0 Å². The molecule has 4 heteroatoms. The zero-order chi connectivity index (χ0) is 10.4. The molecular formula is C9H13NO3. The third-order valence-electron chi connectivity index (χ3n) is 1.34. The molecule has 0 aromatic carbocycles. The lowest BCUT2D eigenvalue weighted by Gasteiger charge is -1.97. The zero-order valence-corrected chi connectivity index (χ0v) is 8.09. The summed E-state index contributed by atoms with van der Waals surface area (Å²) in [5.41, 5.74) is 0.442. The number of hydrogen-bond donors (Lipinski definition) is 0. The van der Waals surface area contributed by atoms with E-state index in [2.05, 4.69) is 16.6 Å². The first-order chi connectivity index (χ1) is 5.99. The third kappa shape index (κ3) is 4.20. The molecule has 0 spiro atoms. The number of hydrogen-bond acceptors (Lipinski definition) is 4. The smallest absolute Gasteiger partial charge is 0.313 e. The number of nitrogens with zero attached hydrogens (tertiary/aromatic N) is 1. The van der Waals surface area contributed by atoms with Crippen LogP contribution in [0.1, 0.15) is 27.2 Å². The molecule has 0 aliphatic heterocycles. The monoisotopic (exact) mass is 183 g/mol. The average Bonchev–Trinajstić information content (AvgIpc) is 2.11. The molecule has 0 saturated heterocycles. The van der Waals surface area contributed by atoms with Gasteiger partial charge in [-0.2, -0.15) is 0 Å². The molecule has 13 heavy (non-hydrogen) atoms. The van der Waals surface area contributed by atoms with E-state index in [1.807, 2.05) is 0 Å². The fourth-order valence-electron chi connectivity index (χ4n) is 0.495. The van der Waals surface area contributed by atoms with E-state index >= 15 is 0 Å². The Labute approximate surface area is 77.3 Å². The normalized spacial score (nSPS) is 10.8. The predicted molar refractivity (Wildman–Crippen MR) is 49.3 cm³/mol. The van der Waals surface area contributed by atoms with E-state index in [0.29, 0.717) is 6.42 Å². The summed E-state index contributed by atoms with van der Waals surface area (Å²) < 4.78 is 0. The Bertz CT molecular complexity index is 266. The van der Waals surface area contributed by atoms with E-state index in [1.165, 1.54) is 13.8 Å². The molecule has 0 aliphatic carbocycles. The van der Waals surface area contributed by atoms with Crippen molar-refractivity contribution in [2.75, 3.05) is 0 Å². The molecular weight excluding hydrogens is 170 g/mol. The van der Waals surface area contributed by atoms with Crippen LogP contribution in [0.15, 0.2) is 17.3 Å². The van der Waals surface area contributed by atoms with Crippen LogP contribution in [-0.4, -0.2) is 17.5 Å². The summed E-state index contributed by atoms with van der Waals surface area (Å²) in [5.74, 6) is -0.766. The average molecular weight is 183 g/mol. The van der Waals surface area contributed by atoms with Crippen molar-refractivity contribution in [3.8, 4) is 0 Å². The largest absolute Gasteiger partial charge is 0.360 e. The number of carbonyl (C=O) groups is 2. The molecule has 0 heterocycles. The highest BCUT2D eigenvalue weighted by Crippen LogP contribution is 1.94. The summed E-state index contributed by atoms with van der Waals surface area (Å²) in [6.07, 6.45) is 0.347. The van der Waals surface area contributed by atoms with Crippen molar-refractivity contribution in [2.45, 2.75) is 27.2 Å². The van der Waals surface area contributed by atoms with Gasteiger partial charge in [0.05, 0.1) is 0 Å². The molecule has 0 fully saturated rings. The molecule has 4 nitrogen and oxygen atoms in total. The molecule has 0 amide bonds. The van der Waals surface area contributed by atoms with Gasteiger partial charge in [-0.3, -0.25) is 4.79 Å². The summed E-state index contributed by atoms with van der Waals surface area (Å²) in [7, 11) is 0. The second-order valence-electron chi connectivity index (χ2n) is 2.61. The summed E-state index contributed by atoms with van der Waals surface area (Å²) in [4.78, 5) is 26.2. The summed E-state index contributed by atoms with van der Waals surface area (Å²) >= 11 is 0. The number of carbonyl (C=O) groups excluding carboxylic acids is 2. The molecule has 0 atom stereocenters. The van der Waals surface area contributed by atoms with Crippen molar-refractivity contribution in [3.63, 3.8) is 0 Å². The second kappa shape index (κ2) is 5.24. The van der Waals surface area contributed by atoms with Gasteiger partial charge in [-0.1, -0.05) is 18.7 Å². The van der Waals surface area contributed by atoms with Crippen molar-refractivity contribution in [1.82, 2.24) is 0 Å². The molecule has 0 aromatic rings. The van der Waals surface area contributed by atoms with Crippen LogP contribution < -0.4 is 0 Å². The molecule has 0 aromatic heterocycles. The first kappa shape index (κ1) is 11.6. The quantitative estimate of drug-likeness (QED) is 0.287. The first-order valence-corrected chi connectivity index (χ1v) is 3.93. The Morgan fingerprint density at radius 3 is 2.31 bits per heavy atom. The lowest BCUT2D eigenvalue weighted by atomic mass is 10.2. The van der Waals surface area contributed by atoms with Gasteiger partial charge in [-0.25, -0.2) is 4.79 Å². The molecule has 0 unspecified atom stereocenters. The van der Waals surface area contributed by atoms with Gasteiger partial charge in [-0.15, -0.1) is 0 Å². The van der Waals surface area contributed by atoms with Gasteiger partial charge >= 0.3 is 5.97 Å². The van der Waals surface area contributed by atoms with Crippen LogP contribution >= 0.6 is 0 Å². The minimum atomic E-state index is -0.622. The zero-order valence-electron chi connectivity index (χ0n) is 8.09. The standard InChI is InChI=1S/C9H13NO3/c1-5-8(11)7(4)10-13-9(12)6(2)3/h2,5H2,1,3-4H3. The van der Waals surface area contributed by atoms with Crippen molar-refractivity contribution in [3.05, 3.63) is 12.2 Å². The van der Waals surface area contributed by atoms with Crippen LogP contribution in [-0.2, 0) is 14.4 Å². The summed E-state index contributed by atoms with van der Waals surface area (Å²) in [6.45, 7) is 8.09. The Hall–Kier alpha value is -1.45. The Morgan fingerprint density at radius 2 is 1.92 bits per heavy atom. The van der Waals surface area contributed by atoms with Crippen LogP contribution in [0.2, 0.25) is 0 Å². The number of ketones is 1. The van der Waals surface area contributed by atoms with Crippen molar-refractivity contribution in [1.29, 1.82) is 0 Å². The molecule has 0 saturated carbocycles. The summed E-state index contributed by atoms with van der Waals surface area (Å²) in [5, 5.41) is 3.37. The lowest BCUT2D eigenvalue weighted by molar-refractivity contribution is -0.138. The molecule has 0 N–H and O–H groups in total. The van der Waals surface area contributed by atoms with Gasteiger partial charge in [0.15, 0.2) is 5.78 Å². The fraction of sp³-hybridized carbons (Fsp3) is 0.444. The summed E-state index contributed by atoms with van der Waals surface area (Å²) in [6, 6.07) is 0. The Morgan fingerprint density at radius 1 is 1.38 bits per heavy atom. The minimum absolute atomic E-state index is 0.144. The Kier molecular flexibility index (Phi) is 4.66.